The molecule has 0 N–H and O–H groups in total. The number of hydrogen-bond donors (Lipinski definition) is 1. The van der Waals surface area contributed by atoms with E-state index in [0.717, 1.165) is 4.09 Å². The molecular weight excluding hydrogens is 180 g/mol. The van der Waals surface area contributed by atoms with Crippen LogP contribution in [-0.2, 0) is 16.0 Å². The maximum atomic E-state index is 10.9. The highest BCUT2D eigenvalue weighted by atomic mass is 32.1. The molecule has 0 aliphatic rings. The normalized spacial score (nSPS) is 9.83. The quantitative estimate of drug-likeness (QED) is 0.510. The summed E-state index contributed by atoms with van der Waals surface area (Å²) in [4.78, 5) is 10.9. The molecule has 0 saturated heterocycles. The molecule has 0 atom stereocenters. The van der Waals surface area contributed by atoms with Crippen molar-refractivity contribution in [3.63, 3.8) is 0 Å². The van der Waals surface area contributed by atoms with E-state index < -0.39 is 0 Å². The summed E-state index contributed by atoms with van der Waals surface area (Å²) in [5.41, 5.74) is 0. The molecule has 0 radical (unpaired) electrons. The standard InChI is InChI=1S/C5H8N4O2S/c1-2-11-5(10)3-4-6-7-8-9(4)12/h12H,2-3H2,1H3. The molecule has 1 heterocycles. The molecule has 1 rings (SSSR count). The fraction of sp³-hybridized carbons (Fsp3) is 0.600. The molecule has 0 spiro atoms. The summed E-state index contributed by atoms with van der Waals surface area (Å²) < 4.78 is 5.82. The van der Waals surface area contributed by atoms with Crippen LogP contribution < -0.4 is 0 Å². The van der Waals surface area contributed by atoms with E-state index in [1.54, 1.807) is 6.92 Å². The van der Waals surface area contributed by atoms with Crippen molar-refractivity contribution in [3.8, 4) is 0 Å². The molecule has 0 fully saturated rings. The molecule has 0 saturated carbocycles. The summed E-state index contributed by atoms with van der Waals surface area (Å²) in [7, 11) is 0. The fourth-order valence-electron chi connectivity index (χ4n) is 0.648. The third-order valence-corrected chi connectivity index (χ3v) is 1.43. The Kier molecular flexibility index (Phi) is 3.03. The lowest BCUT2D eigenvalue weighted by molar-refractivity contribution is -0.142. The third-order valence-electron chi connectivity index (χ3n) is 1.12. The molecule has 0 aliphatic carbocycles. The van der Waals surface area contributed by atoms with Gasteiger partial charge in [0.15, 0.2) is 5.82 Å². The van der Waals surface area contributed by atoms with Gasteiger partial charge in [-0.25, -0.2) is 0 Å². The molecule has 12 heavy (non-hydrogen) atoms. The lowest BCUT2D eigenvalue weighted by Gasteiger charge is -1.98. The summed E-state index contributed by atoms with van der Waals surface area (Å²) in [5, 5.41) is 10.3. The second-order valence-electron chi connectivity index (χ2n) is 1.97. The topological polar surface area (TPSA) is 69.9 Å². The van der Waals surface area contributed by atoms with Crippen molar-refractivity contribution in [2.75, 3.05) is 6.61 Å². The van der Waals surface area contributed by atoms with E-state index in [1.807, 2.05) is 0 Å². The highest BCUT2D eigenvalue weighted by Crippen LogP contribution is 1.96. The first-order chi connectivity index (χ1) is 5.74. The molecule has 0 amide bonds. The molecule has 1 aromatic rings. The first-order valence-corrected chi connectivity index (χ1v) is 3.76. The monoisotopic (exact) mass is 188 g/mol. The van der Waals surface area contributed by atoms with Crippen LogP contribution in [0.15, 0.2) is 0 Å². The van der Waals surface area contributed by atoms with Crippen molar-refractivity contribution in [3.05, 3.63) is 5.82 Å². The van der Waals surface area contributed by atoms with Crippen LogP contribution in [0.2, 0.25) is 0 Å². The van der Waals surface area contributed by atoms with Gasteiger partial charge in [-0.15, -0.1) is 5.10 Å². The average Bonchev–Trinajstić information content (AvgIpc) is 2.37. The molecule has 1 aromatic heterocycles. The fourth-order valence-corrected chi connectivity index (χ4v) is 0.795. The highest BCUT2D eigenvalue weighted by Gasteiger charge is 2.09. The van der Waals surface area contributed by atoms with Gasteiger partial charge in [-0.05, 0) is 30.2 Å². The second-order valence-corrected chi connectivity index (χ2v) is 2.35. The number of tetrazole rings is 1. The van der Waals surface area contributed by atoms with Crippen LogP contribution in [0.25, 0.3) is 0 Å². The van der Waals surface area contributed by atoms with E-state index in [0.29, 0.717) is 12.4 Å². The van der Waals surface area contributed by atoms with Crippen molar-refractivity contribution >= 4 is 18.8 Å². The summed E-state index contributed by atoms with van der Waals surface area (Å²) in [5.74, 6) is 0.0133. The molecule has 6 nitrogen and oxygen atoms in total. The smallest absolute Gasteiger partial charge is 0.313 e. The van der Waals surface area contributed by atoms with E-state index in [-0.39, 0.29) is 12.4 Å². The van der Waals surface area contributed by atoms with Crippen LogP contribution in [0, 0.1) is 0 Å². The largest absolute Gasteiger partial charge is 0.466 e. The van der Waals surface area contributed by atoms with Gasteiger partial charge in [0.25, 0.3) is 0 Å². The Bertz CT molecular complexity index is 274. The van der Waals surface area contributed by atoms with Crippen LogP contribution >= 0.6 is 12.8 Å². The van der Waals surface area contributed by atoms with E-state index >= 15 is 0 Å². The zero-order valence-electron chi connectivity index (χ0n) is 6.47. The van der Waals surface area contributed by atoms with Crippen LogP contribution in [0.5, 0.6) is 0 Å². The molecule has 7 heteroatoms. The Balaban J connectivity index is 2.52. The van der Waals surface area contributed by atoms with Gasteiger partial charge in [-0.2, -0.15) is 4.09 Å². The van der Waals surface area contributed by atoms with Gasteiger partial charge in [0.2, 0.25) is 0 Å². The molecule has 0 bridgehead atoms. The van der Waals surface area contributed by atoms with Gasteiger partial charge in [-0.1, -0.05) is 0 Å². The van der Waals surface area contributed by atoms with Gasteiger partial charge in [0, 0.05) is 0 Å². The van der Waals surface area contributed by atoms with Gasteiger partial charge >= 0.3 is 5.97 Å². The van der Waals surface area contributed by atoms with Gasteiger partial charge in [0.1, 0.15) is 6.42 Å². The number of hydrogen-bond acceptors (Lipinski definition) is 6. The van der Waals surface area contributed by atoms with Gasteiger partial charge in [-0.3, -0.25) is 4.79 Å². The van der Waals surface area contributed by atoms with Crippen LogP contribution in [-0.4, -0.2) is 32.2 Å². The Labute approximate surface area is 74.4 Å². The highest BCUT2D eigenvalue weighted by molar-refractivity contribution is 7.78. The van der Waals surface area contributed by atoms with Gasteiger partial charge in [0.05, 0.1) is 6.61 Å². The lowest BCUT2D eigenvalue weighted by Crippen LogP contribution is -2.10. The summed E-state index contributed by atoms with van der Waals surface area (Å²) >= 11 is 3.86. The third kappa shape index (κ3) is 2.19. The number of ether oxygens (including phenoxy) is 1. The Hall–Kier alpha value is -1.11. The number of esters is 1. The minimum atomic E-state index is -0.359. The van der Waals surface area contributed by atoms with Crippen molar-refractivity contribution < 1.29 is 9.53 Å². The number of rotatable bonds is 3. The number of carbonyl (C=O) groups excluding carboxylic acids is 1. The summed E-state index contributed by atoms with van der Waals surface area (Å²) in [6.45, 7) is 2.09. The Morgan fingerprint density at radius 3 is 3.00 bits per heavy atom. The molecule has 0 aromatic carbocycles. The molecule has 0 aliphatic heterocycles. The van der Waals surface area contributed by atoms with Crippen LogP contribution in [0.1, 0.15) is 12.7 Å². The summed E-state index contributed by atoms with van der Waals surface area (Å²) in [6, 6.07) is 0. The number of thiol groups is 1. The number of aromatic nitrogens is 4. The SMILES string of the molecule is CCOC(=O)Cc1nnnn1S. The van der Waals surface area contributed by atoms with Crippen molar-refractivity contribution in [1.82, 2.24) is 19.6 Å². The van der Waals surface area contributed by atoms with E-state index in [9.17, 15) is 4.79 Å². The Morgan fingerprint density at radius 2 is 2.50 bits per heavy atom. The zero-order valence-corrected chi connectivity index (χ0v) is 7.36. The maximum Gasteiger partial charge on any atom is 0.313 e. The van der Waals surface area contributed by atoms with Crippen molar-refractivity contribution in [2.45, 2.75) is 13.3 Å². The maximum absolute atomic E-state index is 10.9. The van der Waals surface area contributed by atoms with Crippen molar-refractivity contribution in [1.29, 1.82) is 0 Å². The van der Waals surface area contributed by atoms with Gasteiger partial charge < -0.3 is 4.74 Å². The first-order valence-electron chi connectivity index (χ1n) is 3.36. The number of nitrogens with zero attached hydrogens (tertiary/aromatic N) is 4. The Morgan fingerprint density at radius 1 is 1.75 bits per heavy atom. The second kappa shape index (κ2) is 4.05. The molecule has 66 valence electrons. The minimum absolute atomic E-state index is 0.0460. The van der Waals surface area contributed by atoms with E-state index in [2.05, 4.69) is 33.1 Å². The lowest BCUT2D eigenvalue weighted by atomic mass is 10.4. The molecular formula is C5H8N4O2S. The van der Waals surface area contributed by atoms with E-state index in [4.69, 9.17) is 0 Å². The van der Waals surface area contributed by atoms with E-state index in [1.165, 1.54) is 0 Å². The average molecular weight is 188 g/mol. The summed E-state index contributed by atoms with van der Waals surface area (Å²) in [6.07, 6.45) is 0.0460. The number of carbonyl (C=O) groups is 1. The zero-order chi connectivity index (χ0) is 8.97. The molecule has 0 unspecified atom stereocenters. The minimum Gasteiger partial charge on any atom is -0.466 e. The van der Waals surface area contributed by atoms with Crippen LogP contribution in [0.4, 0.5) is 0 Å². The van der Waals surface area contributed by atoms with Crippen molar-refractivity contribution in [2.24, 2.45) is 0 Å². The van der Waals surface area contributed by atoms with Crippen LogP contribution in [0.3, 0.4) is 0 Å². The predicted octanol–water partition coefficient (Wildman–Crippen LogP) is -0.528. The first kappa shape index (κ1) is 8.98. The predicted molar refractivity (Wildman–Crippen MR) is 42.5 cm³/mol.